The lowest BCUT2D eigenvalue weighted by molar-refractivity contribution is 0.101. The van der Waals surface area contributed by atoms with Crippen LogP contribution in [0.5, 0.6) is 0 Å². The minimum absolute atomic E-state index is 0.690. The van der Waals surface area contributed by atoms with Crippen LogP contribution in [0.25, 0.3) is 0 Å². The molecule has 0 aromatic carbocycles. The van der Waals surface area contributed by atoms with E-state index in [0.29, 0.717) is 6.04 Å². The molecule has 0 aromatic rings. The Labute approximate surface area is 101 Å². The van der Waals surface area contributed by atoms with Gasteiger partial charge in [0.05, 0.1) is 0 Å². The average Bonchev–Trinajstić information content (AvgIpc) is 2.28. The van der Waals surface area contributed by atoms with Gasteiger partial charge in [-0.3, -0.25) is 4.90 Å². The van der Waals surface area contributed by atoms with E-state index in [1.54, 1.807) is 0 Å². The monoisotopic (exact) mass is 227 g/mol. The smallest absolute Gasteiger partial charge is 0.0223 e. The highest BCUT2D eigenvalue weighted by molar-refractivity contribution is 4.80. The zero-order valence-electron chi connectivity index (χ0n) is 11.5. The standard InChI is InChI=1S/C13H29N3/c1-5-14-9-8-12(2)16(4)13-7-6-10-15(3)11-13/h12-14H,5-11H2,1-4H3. The predicted molar refractivity (Wildman–Crippen MR) is 70.9 cm³/mol. The summed E-state index contributed by atoms with van der Waals surface area (Å²) in [5, 5.41) is 3.41. The molecule has 2 atom stereocenters. The Morgan fingerprint density at radius 3 is 2.88 bits per heavy atom. The minimum Gasteiger partial charge on any atom is -0.317 e. The molecule has 1 aliphatic heterocycles. The molecule has 16 heavy (non-hydrogen) atoms. The van der Waals surface area contributed by atoms with Crippen LogP contribution in [0, 0.1) is 0 Å². The number of rotatable bonds is 6. The normalized spacial score (nSPS) is 24.9. The van der Waals surface area contributed by atoms with Crippen molar-refractivity contribution in [2.45, 2.75) is 45.2 Å². The fraction of sp³-hybridized carbons (Fsp3) is 1.00. The van der Waals surface area contributed by atoms with Gasteiger partial charge in [-0.1, -0.05) is 6.92 Å². The first-order chi connectivity index (χ1) is 7.65. The number of hydrogen-bond donors (Lipinski definition) is 1. The molecule has 1 aliphatic rings. The molecule has 1 N–H and O–H groups in total. The number of piperidine rings is 1. The molecule has 3 nitrogen and oxygen atoms in total. The van der Waals surface area contributed by atoms with Crippen molar-refractivity contribution in [1.82, 2.24) is 15.1 Å². The molecule has 0 aliphatic carbocycles. The van der Waals surface area contributed by atoms with Crippen molar-refractivity contribution < 1.29 is 0 Å². The summed E-state index contributed by atoms with van der Waals surface area (Å²) in [7, 11) is 4.53. The molecule has 1 rings (SSSR count). The SMILES string of the molecule is CCNCCC(C)N(C)C1CCCN(C)C1. The number of nitrogens with zero attached hydrogens (tertiary/aromatic N) is 2. The van der Waals surface area contributed by atoms with E-state index in [1.165, 1.54) is 32.4 Å². The Balaban J connectivity index is 2.28. The Morgan fingerprint density at radius 1 is 1.50 bits per heavy atom. The van der Waals surface area contributed by atoms with E-state index in [-0.39, 0.29) is 0 Å². The molecule has 96 valence electrons. The van der Waals surface area contributed by atoms with Crippen molar-refractivity contribution in [3.8, 4) is 0 Å². The Hall–Kier alpha value is -0.120. The average molecular weight is 227 g/mol. The topological polar surface area (TPSA) is 18.5 Å². The van der Waals surface area contributed by atoms with Crippen molar-refractivity contribution in [1.29, 1.82) is 0 Å². The lowest BCUT2D eigenvalue weighted by Gasteiger charge is -2.39. The van der Waals surface area contributed by atoms with Crippen LogP contribution in [0.15, 0.2) is 0 Å². The maximum absolute atomic E-state index is 3.41. The highest BCUT2D eigenvalue weighted by atomic mass is 15.2. The van der Waals surface area contributed by atoms with Gasteiger partial charge >= 0.3 is 0 Å². The minimum atomic E-state index is 0.690. The van der Waals surface area contributed by atoms with Gasteiger partial charge in [0.15, 0.2) is 0 Å². The first-order valence-corrected chi connectivity index (χ1v) is 6.76. The molecular formula is C13H29N3. The number of likely N-dealkylation sites (tertiary alicyclic amines) is 1. The maximum Gasteiger partial charge on any atom is 0.0223 e. The molecule has 2 unspecified atom stereocenters. The maximum atomic E-state index is 3.41. The summed E-state index contributed by atoms with van der Waals surface area (Å²) in [5.41, 5.74) is 0. The molecule has 0 aromatic heterocycles. The summed E-state index contributed by atoms with van der Waals surface area (Å²) in [6.45, 7) is 9.27. The number of hydrogen-bond acceptors (Lipinski definition) is 3. The van der Waals surface area contributed by atoms with E-state index in [9.17, 15) is 0 Å². The molecule has 1 fully saturated rings. The van der Waals surface area contributed by atoms with Gasteiger partial charge in [0, 0.05) is 18.6 Å². The van der Waals surface area contributed by atoms with Gasteiger partial charge in [-0.2, -0.15) is 0 Å². The van der Waals surface area contributed by atoms with Gasteiger partial charge in [0.2, 0.25) is 0 Å². The summed E-state index contributed by atoms with van der Waals surface area (Å²) in [4.78, 5) is 5.04. The fourth-order valence-electron chi connectivity index (χ4n) is 2.52. The second-order valence-electron chi connectivity index (χ2n) is 5.22. The van der Waals surface area contributed by atoms with Crippen molar-refractivity contribution in [2.75, 3.05) is 40.3 Å². The summed E-state index contributed by atoms with van der Waals surface area (Å²) < 4.78 is 0. The Morgan fingerprint density at radius 2 is 2.25 bits per heavy atom. The molecule has 1 heterocycles. The van der Waals surface area contributed by atoms with Crippen LogP contribution in [0.1, 0.15) is 33.1 Å². The zero-order chi connectivity index (χ0) is 12.0. The van der Waals surface area contributed by atoms with Crippen LogP contribution in [-0.4, -0.2) is 62.2 Å². The Kier molecular flexibility index (Phi) is 6.32. The van der Waals surface area contributed by atoms with E-state index in [0.717, 1.165) is 19.1 Å². The van der Waals surface area contributed by atoms with E-state index in [1.807, 2.05) is 0 Å². The molecule has 0 spiro atoms. The third kappa shape index (κ3) is 4.40. The lowest BCUT2D eigenvalue weighted by Crippen LogP contribution is -2.48. The quantitative estimate of drug-likeness (QED) is 0.692. The van der Waals surface area contributed by atoms with E-state index >= 15 is 0 Å². The largest absolute Gasteiger partial charge is 0.317 e. The van der Waals surface area contributed by atoms with E-state index < -0.39 is 0 Å². The van der Waals surface area contributed by atoms with Gasteiger partial charge in [-0.05, 0) is 59.9 Å². The molecule has 3 heteroatoms. The van der Waals surface area contributed by atoms with Crippen LogP contribution in [0.4, 0.5) is 0 Å². The molecule has 0 saturated carbocycles. The second kappa shape index (κ2) is 7.25. The number of nitrogens with one attached hydrogen (secondary N) is 1. The molecule has 0 radical (unpaired) electrons. The second-order valence-corrected chi connectivity index (χ2v) is 5.22. The molecule has 0 amide bonds. The summed E-state index contributed by atoms with van der Waals surface area (Å²) >= 11 is 0. The third-order valence-corrected chi connectivity index (χ3v) is 3.86. The van der Waals surface area contributed by atoms with Crippen LogP contribution < -0.4 is 5.32 Å². The first-order valence-electron chi connectivity index (χ1n) is 6.76. The van der Waals surface area contributed by atoms with Crippen molar-refractivity contribution in [3.05, 3.63) is 0 Å². The van der Waals surface area contributed by atoms with Crippen molar-refractivity contribution in [3.63, 3.8) is 0 Å². The van der Waals surface area contributed by atoms with E-state index in [2.05, 4.69) is 43.1 Å². The van der Waals surface area contributed by atoms with Crippen LogP contribution in [0.2, 0.25) is 0 Å². The summed E-state index contributed by atoms with van der Waals surface area (Å²) in [5.74, 6) is 0. The van der Waals surface area contributed by atoms with Crippen LogP contribution in [-0.2, 0) is 0 Å². The van der Waals surface area contributed by atoms with Gasteiger partial charge in [0.25, 0.3) is 0 Å². The van der Waals surface area contributed by atoms with Gasteiger partial charge < -0.3 is 10.2 Å². The number of likely N-dealkylation sites (N-methyl/N-ethyl adjacent to an activating group) is 2. The van der Waals surface area contributed by atoms with Crippen molar-refractivity contribution in [2.24, 2.45) is 0 Å². The molecular weight excluding hydrogens is 198 g/mol. The van der Waals surface area contributed by atoms with Gasteiger partial charge in [-0.25, -0.2) is 0 Å². The Bertz CT molecular complexity index is 184. The van der Waals surface area contributed by atoms with Crippen LogP contribution >= 0.6 is 0 Å². The van der Waals surface area contributed by atoms with Gasteiger partial charge in [-0.15, -0.1) is 0 Å². The lowest BCUT2D eigenvalue weighted by atomic mass is 10.0. The zero-order valence-corrected chi connectivity index (χ0v) is 11.5. The van der Waals surface area contributed by atoms with Crippen LogP contribution in [0.3, 0.4) is 0 Å². The molecule has 1 saturated heterocycles. The third-order valence-electron chi connectivity index (χ3n) is 3.86. The van der Waals surface area contributed by atoms with Gasteiger partial charge in [0.1, 0.15) is 0 Å². The van der Waals surface area contributed by atoms with Crippen molar-refractivity contribution >= 4 is 0 Å². The fourth-order valence-corrected chi connectivity index (χ4v) is 2.52. The summed E-state index contributed by atoms with van der Waals surface area (Å²) in [6.07, 6.45) is 3.97. The highest BCUT2D eigenvalue weighted by Crippen LogP contribution is 2.16. The predicted octanol–water partition coefficient (Wildman–Crippen LogP) is 1.40. The molecule has 0 bridgehead atoms. The first kappa shape index (κ1) is 13.9. The highest BCUT2D eigenvalue weighted by Gasteiger charge is 2.23. The van der Waals surface area contributed by atoms with E-state index in [4.69, 9.17) is 0 Å². The summed E-state index contributed by atoms with van der Waals surface area (Å²) in [6, 6.07) is 1.45.